The van der Waals surface area contributed by atoms with Crippen LogP contribution in [-0.4, -0.2) is 41.1 Å². The summed E-state index contributed by atoms with van der Waals surface area (Å²) in [6.45, 7) is 1.46. The smallest absolute Gasteiger partial charge is 0.257 e. The Morgan fingerprint density at radius 2 is 2.26 bits per heavy atom. The summed E-state index contributed by atoms with van der Waals surface area (Å²) in [6, 6.07) is 2.07. The van der Waals surface area contributed by atoms with Crippen LogP contribution in [0.5, 0.6) is 0 Å². The first-order valence-electron chi connectivity index (χ1n) is 6.39. The molecule has 102 valence electrons. The van der Waals surface area contributed by atoms with Crippen LogP contribution in [0.4, 0.5) is 0 Å². The molecule has 0 aromatic carbocycles. The molecule has 2 heterocycles. The molecule has 0 N–H and O–H groups in total. The minimum Gasteiger partial charge on any atom is -0.376 e. The highest BCUT2D eigenvalue weighted by molar-refractivity contribution is 9.10. The minimum atomic E-state index is -0.0446. The van der Waals surface area contributed by atoms with E-state index in [0.717, 1.165) is 30.3 Å². The summed E-state index contributed by atoms with van der Waals surface area (Å²) in [5.74, 6) is -0.0446. The molecule has 1 atom stereocenters. The fourth-order valence-corrected chi connectivity index (χ4v) is 2.67. The van der Waals surface area contributed by atoms with E-state index in [1.165, 1.54) is 0 Å². The summed E-state index contributed by atoms with van der Waals surface area (Å²) in [5, 5.41) is 0.258. The number of carbonyl (C=O) groups excluding carboxylic acids is 1. The zero-order chi connectivity index (χ0) is 13.4. The molecular formula is C13H14BrClN2O2. The highest BCUT2D eigenvalue weighted by Gasteiger charge is 2.36. The normalized spacial score (nSPS) is 21.9. The highest BCUT2D eigenvalue weighted by Crippen LogP contribution is 2.31. The van der Waals surface area contributed by atoms with Crippen LogP contribution in [-0.2, 0) is 4.74 Å². The van der Waals surface area contributed by atoms with Crippen LogP contribution >= 0.6 is 27.5 Å². The Hall–Kier alpha value is -0.650. The quantitative estimate of drug-likeness (QED) is 0.788. The first-order valence-corrected chi connectivity index (χ1v) is 7.56. The Balaban J connectivity index is 1.80. The van der Waals surface area contributed by atoms with Crippen LogP contribution in [0.25, 0.3) is 0 Å². The van der Waals surface area contributed by atoms with Crippen molar-refractivity contribution in [2.24, 2.45) is 0 Å². The molecule has 0 bridgehead atoms. The molecule has 1 aromatic rings. The van der Waals surface area contributed by atoms with Crippen molar-refractivity contribution in [3.05, 3.63) is 27.5 Å². The molecular weight excluding hydrogens is 332 g/mol. The van der Waals surface area contributed by atoms with E-state index < -0.39 is 0 Å². The van der Waals surface area contributed by atoms with Gasteiger partial charge in [-0.2, -0.15) is 0 Å². The second-order valence-corrected chi connectivity index (χ2v) is 6.24. The molecule has 1 amide bonds. The lowest BCUT2D eigenvalue weighted by molar-refractivity contribution is -0.0637. The standard InChI is InChI=1S/C13H14BrClN2O2/c14-8-5-11(12(15)16-6-8)13(18)17(9-1-2-9)7-10-3-4-19-10/h5-6,9-10H,1-4,7H2. The summed E-state index contributed by atoms with van der Waals surface area (Å²) < 4.78 is 6.19. The Kier molecular flexibility index (Phi) is 3.78. The van der Waals surface area contributed by atoms with Crippen molar-refractivity contribution in [2.75, 3.05) is 13.2 Å². The molecule has 1 unspecified atom stereocenters. The molecule has 6 heteroatoms. The number of rotatable bonds is 4. The van der Waals surface area contributed by atoms with Gasteiger partial charge in [0.2, 0.25) is 0 Å². The maximum atomic E-state index is 12.6. The first-order chi connectivity index (χ1) is 9.15. The van der Waals surface area contributed by atoms with E-state index in [9.17, 15) is 4.79 Å². The first kappa shape index (κ1) is 13.3. The van der Waals surface area contributed by atoms with Gasteiger partial charge in [-0.1, -0.05) is 11.6 Å². The van der Waals surface area contributed by atoms with Crippen molar-refractivity contribution in [3.63, 3.8) is 0 Å². The van der Waals surface area contributed by atoms with Crippen molar-refractivity contribution < 1.29 is 9.53 Å². The molecule has 0 radical (unpaired) electrons. The lowest BCUT2D eigenvalue weighted by Crippen LogP contribution is -2.44. The predicted molar refractivity (Wildman–Crippen MR) is 75.4 cm³/mol. The molecule has 19 heavy (non-hydrogen) atoms. The summed E-state index contributed by atoms with van der Waals surface area (Å²) in [4.78, 5) is 18.5. The fraction of sp³-hybridized carbons (Fsp3) is 0.538. The van der Waals surface area contributed by atoms with Crippen molar-refractivity contribution >= 4 is 33.4 Å². The number of amides is 1. The van der Waals surface area contributed by atoms with Gasteiger partial charge < -0.3 is 9.64 Å². The summed E-state index contributed by atoms with van der Waals surface area (Å²) in [5.41, 5.74) is 0.460. The molecule has 1 saturated carbocycles. The maximum Gasteiger partial charge on any atom is 0.257 e. The monoisotopic (exact) mass is 344 g/mol. The van der Waals surface area contributed by atoms with E-state index in [0.29, 0.717) is 18.2 Å². The van der Waals surface area contributed by atoms with Crippen molar-refractivity contribution in [1.29, 1.82) is 0 Å². The Labute approximate surface area is 125 Å². The van der Waals surface area contributed by atoms with Gasteiger partial charge in [0, 0.05) is 29.9 Å². The predicted octanol–water partition coefficient (Wildman–Crippen LogP) is 2.89. The average Bonchev–Trinajstić information content (AvgIpc) is 3.14. The molecule has 1 aliphatic heterocycles. The Morgan fingerprint density at radius 3 is 2.84 bits per heavy atom. The lowest BCUT2D eigenvalue weighted by Gasteiger charge is -2.33. The van der Waals surface area contributed by atoms with Crippen LogP contribution in [0.1, 0.15) is 29.6 Å². The summed E-state index contributed by atoms with van der Waals surface area (Å²) >= 11 is 9.36. The zero-order valence-corrected chi connectivity index (χ0v) is 12.7. The lowest BCUT2D eigenvalue weighted by atomic mass is 10.1. The number of ether oxygens (including phenoxy) is 1. The molecule has 3 rings (SSSR count). The summed E-state index contributed by atoms with van der Waals surface area (Å²) in [7, 11) is 0. The van der Waals surface area contributed by atoms with E-state index in [2.05, 4.69) is 20.9 Å². The zero-order valence-electron chi connectivity index (χ0n) is 10.3. The largest absolute Gasteiger partial charge is 0.376 e. The van der Waals surface area contributed by atoms with E-state index in [4.69, 9.17) is 16.3 Å². The third kappa shape index (κ3) is 2.93. The highest BCUT2D eigenvalue weighted by atomic mass is 79.9. The second kappa shape index (κ2) is 5.38. The van der Waals surface area contributed by atoms with Gasteiger partial charge in [0.25, 0.3) is 5.91 Å². The number of hydrogen-bond donors (Lipinski definition) is 0. The maximum absolute atomic E-state index is 12.6. The van der Waals surface area contributed by atoms with Crippen LogP contribution in [0.15, 0.2) is 16.7 Å². The number of nitrogens with zero attached hydrogens (tertiary/aromatic N) is 2. The van der Waals surface area contributed by atoms with Gasteiger partial charge in [-0.3, -0.25) is 4.79 Å². The van der Waals surface area contributed by atoms with Gasteiger partial charge in [-0.25, -0.2) is 4.98 Å². The molecule has 2 fully saturated rings. The van der Waals surface area contributed by atoms with Crippen LogP contribution in [0.3, 0.4) is 0 Å². The number of halogens is 2. The van der Waals surface area contributed by atoms with E-state index >= 15 is 0 Å². The van der Waals surface area contributed by atoms with E-state index in [1.807, 2.05) is 4.90 Å². The van der Waals surface area contributed by atoms with E-state index in [1.54, 1.807) is 12.3 Å². The van der Waals surface area contributed by atoms with Crippen LogP contribution < -0.4 is 0 Å². The van der Waals surface area contributed by atoms with Gasteiger partial charge in [0.1, 0.15) is 5.15 Å². The van der Waals surface area contributed by atoms with Gasteiger partial charge >= 0.3 is 0 Å². The van der Waals surface area contributed by atoms with Gasteiger partial charge in [-0.05, 0) is 41.3 Å². The SMILES string of the molecule is O=C(c1cc(Br)cnc1Cl)N(CC1CCO1)C1CC1. The van der Waals surface area contributed by atoms with Gasteiger partial charge in [0.15, 0.2) is 0 Å². The molecule has 0 spiro atoms. The van der Waals surface area contributed by atoms with Crippen molar-refractivity contribution in [2.45, 2.75) is 31.4 Å². The topological polar surface area (TPSA) is 42.4 Å². The van der Waals surface area contributed by atoms with Gasteiger partial charge in [0.05, 0.1) is 11.7 Å². The molecule has 2 aliphatic rings. The number of hydrogen-bond acceptors (Lipinski definition) is 3. The number of pyridine rings is 1. The number of carbonyl (C=O) groups is 1. The van der Waals surface area contributed by atoms with Crippen LogP contribution in [0.2, 0.25) is 5.15 Å². The second-order valence-electron chi connectivity index (χ2n) is 4.96. The molecule has 4 nitrogen and oxygen atoms in total. The Morgan fingerprint density at radius 1 is 1.53 bits per heavy atom. The average molecular weight is 346 g/mol. The van der Waals surface area contributed by atoms with Gasteiger partial charge in [-0.15, -0.1) is 0 Å². The summed E-state index contributed by atoms with van der Waals surface area (Å²) in [6.07, 6.45) is 4.94. The third-order valence-corrected chi connectivity index (χ3v) is 4.21. The minimum absolute atomic E-state index is 0.0446. The third-order valence-electron chi connectivity index (χ3n) is 3.48. The molecule has 1 aromatic heterocycles. The number of aromatic nitrogens is 1. The van der Waals surface area contributed by atoms with Crippen molar-refractivity contribution in [1.82, 2.24) is 9.88 Å². The van der Waals surface area contributed by atoms with Crippen LogP contribution in [0, 0.1) is 0 Å². The van der Waals surface area contributed by atoms with E-state index in [-0.39, 0.29) is 17.2 Å². The fourth-order valence-electron chi connectivity index (χ4n) is 2.16. The van der Waals surface area contributed by atoms with Crippen molar-refractivity contribution in [3.8, 4) is 0 Å². The molecule has 1 aliphatic carbocycles. The molecule has 1 saturated heterocycles. The Bertz CT molecular complexity index is 503.